The highest BCUT2D eigenvalue weighted by Crippen LogP contribution is 2.26. The summed E-state index contributed by atoms with van der Waals surface area (Å²) in [5, 5.41) is 28.7. The minimum absolute atomic E-state index is 0.103. The molecule has 0 spiro atoms. The maximum Gasteiger partial charge on any atom is 0.289 e. The first-order valence-corrected chi connectivity index (χ1v) is 5.56. The summed E-state index contributed by atoms with van der Waals surface area (Å²) in [6, 6.07) is 3.16. The number of aromatic nitrogens is 1. The second-order valence-corrected chi connectivity index (χ2v) is 4.22. The lowest BCUT2D eigenvalue weighted by Crippen LogP contribution is -2.22. The first-order valence-electron chi connectivity index (χ1n) is 5.56. The quantitative estimate of drug-likeness (QED) is 0.623. The van der Waals surface area contributed by atoms with Gasteiger partial charge in [-0.15, -0.1) is 0 Å². The maximum absolute atomic E-state index is 10.6. The molecule has 2 rings (SSSR count). The molecule has 0 radical (unpaired) electrons. The standard InChI is InChI=1S/C11H12N4O3/c12-4-9-3-10(15(17)18)5-13-11(9)14-2-1-8(6-14)7-16/h3,5,8,16H,1-2,6-7H2. The summed E-state index contributed by atoms with van der Waals surface area (Å²) in [5.41, 5.74) is 0.0102. The van der Waals surface area contributed by atoms with Crippen molar-refractivity contribution >= 4 is 11.5 Å². The number of anilines is 1. The second-order valence-electron chi connectivity index (χ2n) is 4.22. The van der Waals surface area contributed by atoms with Gasteiger partial charge in [0.1, 0.15) is 23.6 Å². The molecule has 2 heterocycles. The Kier molecular flexibility index (Phi) is 3.39. The smallest absolute Gasteiger partial charge is 0.289 e. The first kappa shape index (κ1) is 12.3. The van der Waals surface area contributed by atoms with Crippen molar-refractivity contribution < 1.29 is 10.0 Å². The molecule has 7 nitrogen and oxygen atoms in total. The van der Waals surface area contributed by atoms with Crippen LogP contribution in [-0.2, 0) is 0 Å². The molecule has 18 heavy (non-hydrogen) atoms. The number of nitro groups is 1. The third-order valence-electron chi connectivity index (χ3n) is 3.03. The molecular weight excluding hydrogens is 236 g/mol. The van der Waals surface area contributed by atoms with E-state index in [1.54, 1.807) is 0 Å². The normalized spacial score (nSPS) is 18.7. The number of aliphatic hydroxyl groups excluding tert-OH is 1. The van der Waals surface area contributed by atoms with E-state index in [4.69, 9.17) is 10.4 Å². The van der Waals surface area contributed by atoms with Crippen LogP contribution in [-0.4, -0.2) is 34.7 Å². The molecule has 0 aliphatic carbocycles. The number of nitrogens with zero attached hydrogens (tertiary/aromatic N) is 4. The Morgan fingerprint density at radius 3 is 3.06 bits per heavy atom. The summed E-state index contributed by atoms with van der Waals surface area (Å²) < 4.78 is 0. The van der Waals surface area contributed by atoms with E-state index in [1.165, 1.54) is 6.07 Å². The predicted octanol–water partition coefficient (Wildman–Crippen LogP) is 0.680. The minimum atomic E-state index is -0.571. The van der Waals surface area contributed by atoms with Crippen LogP contribution in [0.1, 0.15) is 12.0 Å². The van der Waals surface area contributed by atoms with E-state index in [9.17, 15) is 10.1 Å². The topological polar surface area (TPSA) is 103 Å². The molecule has 1 fully saturated rings. The van der Waals surface area contributed by atoms with E-state index in [1.807, 2.05) is 11.0 Å². The van der Waals surface area contributed by atoms with Gasteiger partial charge in [-0.1, -0.05) is 0 Å². The summed E-state index contributed by atoms with van der Waals surface area (Å²) in [4.78, 5) is 15.9. The van der Waals surface area contributed by atoms with Crippen molar-refractivity contribution in [2.75, 3.05) is 24.6 Å². The highest BCUT2D eigenvalue weighted by Gasteiger charge is 2.25. The van der Waals surface area contributed by atoms with E-state index in [0.29, 0.717) is 18.9 Å². The largest absolute Gasteiger partial charge is 0.396 e. The number of rotatable bonds is 3. The van der Waals surface area contributed by atoms with Crippen molar-refractivity contribution in [3.63, 3.8) is 0 Å². The van der Waals surface area contributed by atoms with Crippen LogP contribution < -0.4 is 4.90 Å². The van der Waals surface area contributed by atoms with Crippen LogP contribution in [0.4, 0.5) is 11.5 Å². The molecule has 0 aromatic carbocycles. The summed E-state index contributed by atoms with van der Waals surface area (Å²) in [6.07, 6.45) is 1.99. The average molecular weight is 248 g/mol. The highest BCUT2D eigenvalue weighted by molar-refractivity contribution is 5.57. The molecule has 1 N–H and O–H groups in total. The fraction of sp³-hybridized carbons (Fsp3) is 0.455. The Morgan fingerprint density at radius 2 is 2.50 bits per heavy atom. The van der Waals surface area contributed by atoms with Gasteiger partial charge in [0.25, 0.3) is 5.69 Å². The van der Waals surface area contributed by atoms with Crippen molar-refractivity contribution in [3.05, 3.63) is 27.9 Å². The molecule has 1 unspecified atom stereocenters. The van der Waals surface area contributed by atoms with Gasteiger partial charge in [0.2, 0.25) is 0 Å². The molecule has 1 aromatic heterocycles. The van der Waals surface area contributed by atoms with E-state index in [0.717, 1.165) is 12.6 Å². The van der Waals surface area contributed by atoms with Gasteiger partial charge in [-0.05, 0) is 6.42 Å². The lowest BCUT2D eigenvalue weighted by Gasteiger charge is -2.17. The van der Waals surface area contributed by atoms with Gasteiger partial charge < -0.3 is 10.0 Å². The van der Waals surface area contributed by atoms with Crippen LogP contribution in [0.2, 0.25) is 0 Å². The van der Waals surface area contributed by atoms with Crippen molar-refractivity contribution in [2.24, 2.45) is 5.92 Å². The molecule has 0 bridgehead atoms. The van der Waals surface area contributed by atoms with Crippen LogP contribution in [0, 0.1) is 27.4 Å². The molecule has 0 amide bonds. The fourth-order valence-corrected chi connectivity index (χ4v) is 2.05. The summed E-state index contributed by atoms with van der Waals surface area (Å²) in [5.74, 6) is 0.632. The third kappa shape index (κ3) is 2.24. The van der Waals surface area contributed by atoms with Crippen LogP contribution >= 0.6 is 0 Å². The highest BCUT2D eigenvalue weighted by atomic mass is 16.6. The molecule has 94 valence electrons. The van der Waals surface area contributed by atoms with E-state index < -0.39 is 4.92 Å². The van der Waals surface area contributed by atoms with Crippen LogP contribution in [0.5, 0.6) is 0 Å². The monoisotopic (exact) mass is 248 g/mol. The van der Waals surface area contributed by atoms with Gasteiger partial charge in [0.15, 0.2) is 0 Å². The fourth-order valence-electron chi connectivity index (χ4n) is 2.05. The van der Waals surface area contributed by atoms with Gasteiger partial charge in [-0.25, -0.2) is 4.98 Å². The van der Waals surface area contributed by atoms with E-state index >= 15 is 0 Å². The predicted molar refractivity (Wildman–Crippen MR) is 63.0 cm³/mol. The Labute approximate surface area is 103 Å². The number of hydrogen-bond acceptors (Lipinski definition) is 6. The molecule has 1 atom stereocenters. The summed E-state index contributed by atoms with van der Waals surface area (Å²) in [6.45, 7) is 1.42. The zero-order valence-electron chi connectivity index (χ0n) is 9.61. The molecule has 0 saturated carbocycles. The van der Waals surface area contributed by atoms with Crippen molar-refractivity contribution in [3.8, 4) is 6.07 Å². The van der Waals surface area contributed by atoms with Gasteiger partial charge in [0, 0.05) is 31.7 Å². The average Bonchev–Trinajstić information content (AvgIpc) is 2.86. The van der Waals surface area contributed by atoms with Gasteiger partial charge in [0.05, 0.1) is 4.92 Å². The van der Waals surface area contributed by atoms with E-state index in [2.05, 4.69) is 4.98 Å². The third-order valence-corrected chi connectivity index (χ3v) is 3.03. The van der Waals surface area contributed by atoms with Crippen LogP contribution in [0.3, 0.4) is 0 Å². The number of nitriles is 1. The Hall–Kier alpha value is -2.20. The number of aliphatic hydroxyl groups is 1. The number of hydrogen-bond donors (Lipinski definition) is 1. The molecule has 1 saturated heterocycles. The Bertz CT molecular complexity index is 512. The molecule has 1 aliphatic rings. The van der Waals surface area contributed by atoms with Crippen LogP contribution in [0.15, 0.2) is 12.3 Å². The maximum atomic E-state index is 10.6. The zero-order valence-corrected chi connectivity index (χ0v) is 9.61. The molecule has 1 aliphatic heterocycles. The van der Waals surface area contributed by atoms with Crippen molar-refractivity contribution in [2.45, 2.75) is 6.42 Å². The lowest BCUT2D eigenvalue weighted by molar-refractivity contribution is -0.385. The van der Waals surface area contributed by atoms with Gasteiger partial charge >= 0.3 is 0 Å². The van der Waals surface area contributed by atoms with E-state index in [-0.39, 0.29) is 23.8 Å². The number of pyridine rings is 1. The second kappa shape index (κ2) is 4.98. The van der Waals surface area contributed by atoms with Gasteiger partial charge in [-0.2, -0.15) is 5.26 Å². The summed E-state index contributed by atoms with van der Waals surface area (Å²) >= 11 is 0. The lowest BCUT2D eigenvalue weighted by atomic mass is 10.1. The van der Waals surface area contributed by atoms with Crippen molar-refractivity contribution in [1.82, 2.24) is 4.98 Å². The minimum Gasteiger partial charge on any atom is -0.396 e. The Balaban J connectivity index is 2.29. The first-order chi connectivity index (χ1) is 8.65. The SMILES string of the molecule is N#Cc1cc([N+](=O)[O-])cnc1N1CCC(CO)C1. The molecule has 7 heteroatoms. The Morgan fingerprint density at radius 1 is 1.72 bits per heavy atom. The summed E-state index contributed by atoms with van der Waals surface area (Å²) in [7, 11) is 0. The zero-order chi connectivity index (χ0) is 13.1. The van der Waals surface area contributed by atoms with Gasteiger partial charge in [-0.3, -0.25) is 10.1 Å². The molecular formula is C11H12N4O3. The van der Waals surface area contributed by atoms with Crippen molar-refractivity contribution in [1.29, 1.82) is 5.26 Å². The van der Waals surface area contributed by atoms with Crippen LogP contribution in [0.25, 0.3) is 0 Å². The molecule has 1 aromatic rings.